The first-order chi connectivity index (χ1) is 15.9. The second-order valence-corrected chi connectivity index (χ2v) is 11.0. The fourth-order valence-corrected chi connectivity index (χ4v) is 7.40. The van der Waals surface area contributed by atoms with Gasteiger partial charge in [0.2, 0.25) is 11.8 Å². The molecule has 1 aromatic rings. The van der Waals surface area contributed by atoms with Gasteiger partial charge in [0.15, 0.2) is 0 Å². The Kier molecular flexibility index (Phi) is 6.14. The molecule has 3 amide bonds. The highest BCUT2D eigenvalue weighted by Crippen LogP contribution is 2.61. The van der Waals surface area contributed by atoms with Gasteiger partial charge < -0.3 is 15.5 Å². The minimum atomic E-state index is -0.512. The highest BCUT2D eigenvalue weighted by atomic mass is 19.1. The van der Waals surface area contributed by atoms with Crippen LogP contribution >= 0.6 is 0 Å². The summed E-state index contributed by atoms with van der Waals surface area (Å²) in [6.07, 6.45) is 9.41. The molecule has 6 rings (SSSR count). The van der Waals surface area contributed by atoms with Crippen LogP contribution in [0.5, 0.6) is 0 Å². The maximum Gasteiger partial charge on any atom is 0.256 e. The number of likely N-dealkylation sites (tertiary alicyclic amines) is 1. The fraction of sp³-hybridized carbons (Fsp3) is 0.654. The molecule has 4 saturated carbocycles. The average Bonchev–Trinajstić information content (AvgIpc) is 2.77. The van der Waals surface area contributed by atoms with Gasteiger partial charge in [-0.2, -0.15) is 0 Å². The van der Waals surface area contributed by atoms with Crippen molar-refractivity contribution in [2.45, 2.75) is 63.8 Å². The number of carbonyl (C=O) groups excluding carboxylic acids is 3. The summed E-state index contributed by atoms with van der Waals surface area (Å²) in [5.74, 6) is 1.41. The summed E-state index contributed by atoms with van der Waals surface area (Å²) in [7, 11) is 0. The topological polar surface area (TPSA) is 78.5 Å². The molecule has 6 nitrogen and oxygen atoms in total. The molecule has 2 N–H and O–H groups in total. The summed E-state index contributed by atoms with van der Waals surface area (Å²) in [5, 5.41) is 5.82. The lowest BCUT2D eigenvalue weighted by molar-refractivity contribution is -0.132. The van der Waals surface area contributed by atoms with Crippen molar-refractivity contribution in [2.75, 3.05) is 19.6 Å². The number of carbonyl (C=O) groups is 3. The minimum absolute atomic E-state index is 0.000426. The molecule has 4 aliphatic carbocycles. The predicted molar refractivity (Wildman–Crippen MR) is 122 cm³/mol. The molecular weight excluding hydrogens is 421 g/mol. The molecule has 7 heteroatoms. The number of piperidine rings is 1. The van der Waals surface area contributed by atoms with Gasteiger partial charge in [-0.3, -0.25) is 14.4 Å². The van der Waals surface area contributed by atoms with E-state index in [1.807, 2.05) is 0 Å². The average molecular weight is 456 g/mol. The zero-order valence-electron chi connectivity index (χ0n) is 19.2. The van der Waals surface area contributed by atoms with Crippen LogP contribution in [0.1, 0.15) is 68.1 Å². The summed E-state index contributed by atoms with van der Waals surface area (Å²) >= 11 is 0. The van der Waals surface area contributed by atoms with Crippen LogP contribution in [0, 0.1) is 29.0 Å². The fourth-order valence-electron chi connectivity index (χ4n) is 7.40. The highest BCUT2D eigenvalue weighted by Gasteiger charge is 2.51. The van der Waals surface area contributed by atoms with Crippen molar-refractivity contribution in [3.63, 3.8) is 0 Å². The molecule has 0 spiro atoms. The first kappa shape index (κ1) is 22.4. The van der Waals surface area contributed by atoms with E-state index < -0.39 is 5.82 Å². The molecule has 33 heavy (non-hydrogen) atoms. The molecule has 5 fully saturated rings. The first-order valence-corrected chi connectivity index (χ1v) is 12.5. The van der Waals surface area contributed by atoms with Crippen LogP contribution in [-0.2, 0) is 9.59 Å². The molecule has 1 saturated heterocycles. The van der Waals surface area contributed by atoms with E-state index >= 15 is 0 Å². The largest absolute Gasteiger partial charge is 0.352 e. The lowest BCUT2D eigenvalue weighted by atomic mass is 9.49. The van der Waals surface area contributed by atoms with Crippen LogP contribution < -0.4 is 10.6 Å². The molecule has 0 atom stereocenters. The van der Waals surface area contributed by atoms with Crippen molar-refractivity contribution >= 4 is 17.7 Å². The summed E-state index contributed by atoms with van der Waals surface area (Å²) in [6.45, 7) is 0.937. The van der Waals surface area contributed by atoms with E-state index in [1.54, 1.807) is 17.0 Å². The third kappa shape index (κ3) is 4.92. The Morgan fingerprint density at radius 1 is 0.939 bits per heavy atom. The van der Waals surface area contributed by atoms with Crippen LogP contribution in [0.3, 0.4) is 0 Å². The summed E-state index contributed by atoms with van der Waals surface area (Å²) in [6, 6.07) is 5.97. The molecule has 4 bridgehead atoms. The zero-order valence-corrected chi connectivity index (χ0v) is 19.2. The van der Waals surface area contributed by atoms with Crippen LogP contribution in [0.4, 0.5) is 4.39 Å². The van der Waals surface area contributed by atoms with E-state index in [1.165, 1.54) is 50.7 Å². The number of nitrogens with one attached hydrogen (secondary N) is 2. The molecule has 0 unspecified atom stereocenters. The molecule has 1 heterocycles. The Morgan fingerprint density at radius 3 is 2.15 bits per heavy atom. The van der Waals surface area contributed by atoms with Crippen molar-refractivity contribution in [1.29, 1.82) is 0 Å². The summed E-state index contributed by atoms with van der Waals surface area (Å²) in [4.78, 5) is 39.2. The Hall–Kier alpha value is -2.44. The second kappa shape index (κ2) is 9.07. The van der Waals surface area contributed by atoms with Gasteiger partial charge in [-0.25, -0.2) is 4.39 Å². The van der Waals surface area contributed by atoms with Crippen LogP contribution in [0.25, 0.3) is 0 Å². The monoisotopic (exact) mass is 455 g/mol. The predicted octanol–water partition coefficient (Wildman–Crippen LogP) is 3.27. The SMILES string of the molecule is O=C(CC12CC3CC(CC(C3)C1)C2)NCC(=O)NC1CCN(C(=O)c2ccccc2F)CC1. The summed E-state index contributed by atoms with van der Waals surface area (Å²) < 4.78 is 13.9. The van der Waals surface area contributed by atoms with Crippen LogP contribution in [0.15, 0.2) is 24.3 Å². The van der Waals surface area contributed by atoms with E-state index in [4.69, 9.17) is 0 Å². The Balaban J connectivity index is 1.04. The number of halogens is 1. The molecule has 5 aliphatic rings. The van der Waals surface area contributed by atoms with Gasteiger partial charge in [0.05, 0.1) is 12.1 Å². The number of nitrogens with zero attached hydrogens (tertiary/aromatic N) is 1. The quantitative estimate of drug-likeness (QED) is 0.691. The maximum atomic E-state index is 13.9. The van der Waals surface area contributed by atoms with Crippen molar-refractivity contribution in [3.05, 3.63) is 35.6 Å². The third-order valence-corrected chi connectivity index (χ3v) is 8.40. The number of rotatable bonds is 6. The van der Waals surface area contributed by atoms with Gasteiger partial charge in [-0.05, 0) is 86.7 Å². The van der Waals surface area contributed by atoms with Crippen LogP contribution in [0.2, 0.25) is 0 Å². The van der Waals surface area contributed by atoms with Gasteiger partial charge in [0, 0.05) is 25.6 Å². The van der Waals surface area contributed by atoms with Gasteiger partial charge in [-0.1, -0.05) is 12.1 Å². The Morgan fingerprint density at radius 2 is 1.55 bits per heavy atom. The van der Waals surface area contributed by atoms with E-state index in [0.717, 1.165) is 17.8 Å². The molecule has 0 radical (unpaired) electrons. The lowest BCUT2D eigenvalue weighted by Crippen LogP contribution is -2.50. The molecular formula is C26H34FN3O3. The highest BCUT2D eigenvalue weighted by molar-refractivity contribution is 5.94. The van der Waals surface area contributed by atoms with Crippen molar-refractivity contribution in [2.24, 2.45) is 23.2 Å². The number of hydrogen-bond acceptors (Lipinski definition) is 3. The first-order valence-electron chi connectivity index (χ1n) is 12.5. The molecule has 1 aromatic carbocycles. The number of amides is 3. The summed E-state index contributed by atoms with van der Waals surface area (Å²) in [5.41, 5.74) is 0.258. The van der Waals surface area contributed by atoms with Crippen molar-refractivity contribution in [3.8, 4) is 0 Å². The minimum Gasteiger partial charge on any atom is -0.352 e. The van der Waals surface area contributed by atoms with Crippen LogP contribution in [-0.4, -0.2) is 48.3 Å². The Labute approximate surface area is 194 Å². The van der Waals surface area contributed by atoms with Gasteiger partial charge in [0.1, 0.15) is 5.82 Å². The van der Waals surface area contributed by atoms with E-state index in [2.05, 4.69) is 10.6 Å². The lowest BCUT2D eigenvalue weighted by Gasteiger charge is -2.56. The smallest absolute Gasteiger partial charge is 0.256 e. The van der Waals surface area contributed by atoms with E-state index in [0.29, 0.717) is 32.4 Å². The third-order valence-electron chi connectivity index (χ3n) is 8.40. The zero-order chi connectivity index (χ0) is 23.0. The standard InChI is InChI=1S/C26H34FN3O3/c27-22-4-2-1-3-21(22)25(33)30-7-5-20(6-8-30)29-24(32)16-28-23(31)15-26-12-17-9-18(13-26)11-19(10-17)14-26/h1-4,17-20H,5-16H2,(H,28,31)(H,29,32). The van der Waals surface area contributed by atoms with Gasteiger partial charge in [-0.15, -0.1) is 0 Å². The van der Waals surface area contributed by atoms with E-state index in [-0.39, 0.29) is 41.3 Å². The van der Waals surface area contributed by atoms with Crippen molar-refractivity contribution < 1.29 is 18.8 Å². The van der Waals surface area contributed by atoms with Gasteiger partial charge in [0.25, 0.3) is 5.91 Å². The molecule has 178 valence electrons. The molecule has 1 aliphatic heterocycles. The van der Waals surface area contributed by atoms with Crippen molar-refractivity contribution in [1.82, 2.24) is 15.5 Å². The number of benzene rings is 1. The normalized spacial score (nSPS) is 30.8. The maximum absolute atomic E-state index is 13.9. The second-order valence-electron chi connectivity index (χ2n) is 11.0. The number of hydrogen-bond donors (Lipinski definition) is 2. The van der Waals surface area contributed by atoms with E-state index in [9.17, 15) is 18.8 Å². The molecule has 0 aromatic heterocycles. The Bertz CT molecular complexity index is 890. The van der Waals surface area contributed by atoms with Gasteiger partial charge >= 0.3 is 0 Å².